The van der Waals surface area contributed by atoms with Crippen LogP contribution < -0.4 is 0 Å². The smallest absolute Gasteiger partial charge is 0.147 e. The van der Waals surface area contributed by atoms with Crippen LogP contribution >= 0.6 is 24.8 Å². The molecule has 0 fully saturated rings. The van der Waals surface area contributed by atoms with E-state index in [0.717, 1.165) is 23.0 Å². The molecule has 2 heterocycles. The molecule has 8 rings (SSSR count). The monoisotopic (exact) mass is 936 g/mol. The molecule has 0 N–H and O–H groups in total. The SMILES string of the molecule is Cc1ccc(C2=Cc3c(-c4ccc(C(C)C)cc4)cccc3[CH]2[Hf]([CH]2C(c3ccc(C)o3)=Cc3c(-c4ccc(C(C)C)cc4)cccc32)=[Si](C)C)o1.Cl.Cl. The molecule has 0 radical (unpaired) electrons. The van der Waals surface area contributed by atoms with Crippen LogP contribution in [-0.2, 0) is 20.1 Å². The Balaban J connectivity index is 0.00000249. The molecule has 6 heteroatoms. The molecule has 2 aromatic heterocycles. The van der Waals surface area contributed by atoms with Gasteiger partial charge >= 0.3 is 319 Å². The van der Waals surface area contributed by atoms with Crippen molar-refractivity contribution in [2.45, 2.75) is 73.8 Å². The van der Waals surface area contributed by atoms with Crippen LogP contribution in [0.25, 0.3) is 45.6 Å². The maximum atomic E-state index is 6.54. The second kappa shape index (κ2) is 16.4. The van der Waals surface area contributed by atoms with Gasteiger partial charge in [-0.2, -0.15) is 0 Å². The molecule has 4 aromatic carbocycles. The van der Waals surface area contributed by atoms with Gasteiger partial charge in [-0.05, 0) is 0 Å². The second-order valence-corrected chi connectivity index (χ2v) is 40.4. The van der Waals surface area contributed by atoms with Gasteiger partial charge in [-0.25, -0.2) is 0 Å². The van der Waals surface area contributed by atoms with Crippen molar-refractivity contribution in [2.24, 2.45) is 0 Å². The van der Waals surface area contributed by atoms with E-state index in [2.05, 4.69) is 176 Å². The molecule has 54 heavy (non-hydrogen) atoms. The van der Waals surface area contributed by atoms with Crippen molar-refractivity contribution in [3.63, 3.8) is 0 Å². The van der Waals surface area contributed by atoms with Crippen LogP contribution in [0.2, 0.25) is 13.1 Å². The third-order valence-electron chi connectivity index (χ3n) is 11.1. The molecule has 6 aromatic rings. The normalized spacial score (nSPS) is 15.7. The van der Waals surface area contributed by atoms with Crippen LogP contribution in [0.15, 0.2) is 118 Å². The standard InChI is InChI=1S/2C23H21O.C2H6Si.2ClH.Hf/c2*1-15(2)17-8-10-18(11-9-17)21-6-4-5-19-13-20(14-22(19)21)23-12-7-16(3)24-23;1-3-2;;;/h2*4-15H,1-3H3;1-2H3;2*1H;. The van der Waals surface area contributed by atoms with E-state index in [0.29, 0.717) is 19.2 Å². The first-order valence-corrected chi connectivity index (χ1v) is 30.8. The predicted molar refractivity (Wildman–Crippen MR) is 232 cm³/mol. The number of hydrogen-bond acceptors (Lipinski definition) is 2. The quantitative estimate of drug-likeness (QED) is 0.142. The van der Waals surface area contributed by atoms with Crippen LogP contribution in [0, 0.1) is 13.8 Å². The molecular weight excluding hydrogens is 886 g/mol. The summed E-state index contributed by atoms with van der Waals surface area (Å²) in [5.41, 5.74) is 15.7. The summed E-state index contributed by atoms with van der Waals surface area (Å²) in [6.07, 6.45) is 5.00. The Labute approximate surface area is 341 Å². The van der Waals surface area contributed by atoms with Gasteiger partial charge in [0.25, 0.3) is 0 Å². The minimum Gasteiger partial charge on any atom is -0.147 e. The average Bonchev–Trinajstić information content (AvgIpc) is 3.94. The zero-order valence-electron chi connectivity index (χ0n) is 32.5. The fourth-order valence-electron chi connectivity index (χ4n) is 8.42. The van der Waals surface area contributed by atoms with Gasteiger partial charge in [0.2, 0.25) is 0 Å². The van der Waals surface area contributed by atoms with E-state index in [-0.39, 0.29) is 24.8 Å². The van der Waals surface area contributed by atoms with E-state index >= 15 is 0 Å². The van der Waals surface area contributed by atoms with E-state index in [4.69, 9.17) is 8.83 Å². The van der Waals surface area contributed by atoms with Crippen molar-refractivity contribution in [3.05, 3.63) is 166 Å². The van der Waals surface area contributed by atoms with Gasteiger partial charge in [-0.15, -0.1) is 24.8 Å². The molecule has 0 saturated carbocycles. The average molecular weight is 936 g/mol. The summed E-state index contributed by atoms with van der Waals surface area (Å²) in [6.45, 7) is 18.4. The van der Waals surface area contributed by atoms with Gasteiger partial charge < -0.3 is 0 Å². The number of aryl methyl sites for hydroxylation is 2. The first-order valence-electron chi connectivity index (χ1n) is 18.8. The summed E-state index contributed by atoms with van der Waals surface area (Å²) < 4.78 is 13.8. The second-order valence-electron chi connectivity index (χ2n) is 15.5. The van der Waals surface area contributed by atoms with Gasteiger partial charge in [0.05, 0.1) is 0 Å². The largest absolute Gasteiger partial charge is 0.147 e. The first kappa shape index (κ1) is 40.3. The molecule has 0 saturated heterocycles. The van der Waals surface area contributed by atoms with Crippen LogP contribution in [0.4, 0.5) is 0 Å². The Morgan fingerprint density at radius 1 is 0.519 bits per heavy atom. The maximum absolute atomic E-state index is 6.54. The summed E-state index contributed by atoms with van der Waals surface area (Å²) in [6, 6.07) is 41.3. The third-order valence-corrected chi connectivity index (χ3v) is 38.4. The number of hydrogen-bond donors (Lipinski definition) is 0. The number of halogens is 2. The van der Waals surface area contributed by atoms with E-state index in [9.17, 15) is 0 Å². The third kappa shape index (κ3) is 7.32. The Morgan fingerprint density at radius 2 is 0.907 bits per heavy atom. The summed E-state index contributed by atoms with van der Waals surface area (Å²) in [4.78, 5) is 0. The number of benzene rings is 4. The Bertz CT molecular complexity index is 2240. The molecule has 0 bridgehead atoms. The fraction of sp³-hybridized carbons (Fsp3) is 0.250. The number of allylic oxidation sites excluding steroid dienone is 2. The minimum absolute atomic E-state index is 0. The first-order chi connectivity index (χ1) is 25.1. The number of rotatable bonds is 8. The maximum Gasteiger partial charge on any atom is -0.147 e. The van der Waals surface area contributed by atoms with Crippen LogP contribution in [0.1, 0.15) is 103 Å². The van der Waals surface area contributed by atoms with Gasteiger partial charge in [0.15, 0.2) is 0 Å². The van der Waals surface area contributed by atoms with Crippen LogP contribution in [0.3, 0.4) is 0 Å². The van der Waals surface area contributed by atoms with Crippen molar-refractivity contribution >= 4 is 53.6 Å². The Hall–Kier alpha value is -3.41. The van der Waals surface area contributed by atoms with Crippen molar-refractivity contribution < 1.29 is 28.9 Å². The molecule has 2 aliphatic carbocycles. The molecule has 276 valence electrons. The number of fused-ring (bicyclic) bond motifs is 2. The molecule has 2 unspecified atom stereocenters. The molecule has 2 atom stereocenters. The van der Waals surface area contributed by atoms with E-state index in [1.165, 1.54) is 66.8 Å². The Morgan fingerprint density at radius 3 is 1.22 bits per heavy atom. The van der Waals surface area contributed by atoms with E-state index in [1.807, 2.05) is 0 Å². The van der Waals surface area contributed by atoms with Crippen LogP contribution in [-0.4, -0.2) is 5.49 Å². The van der Waals surface area contributed by atoms with E-state index in [1.54, 1.807) is 0 Å². The number of furan rings is 2. The van der Waals surface area contributed by atoms with Crippen molar-refractivity contribution in [1.29, 1.82) is 0 Å². The van der Waals surface area contributed by atoms with Crippen LogP contribution in [0.5, 0.6) is 0 Å². The summed E-state index contributed by atoms with van der Waals surface area (Å²) in [5.74, 6) is 5.00. The zero-order chi connectivity index (χ0) is 36.3. The Kier molecular flexibility index (Phi) is 12.2. The van der Waals surface area contributed by atoms with Crippen molar-refractivity contribution in [3.8, 4) is 22.3 Å². The van der Waals surface area contributed by atoms with Gasteiger partial charge in [0.1, 0.15) is 0 Å². The fourth-order valence-corrected chi connectivity index (χ4v) is 36.6. The molecular formula is C48H50Cl2HfO2Si. The summed E-state index contributed by atoms with van der Waals surface area (Å²) in [7, 11) is 0. The van der Waals surface area contributed by atoms with Crippen molar-refractivity contribution in [1.82, 2.24) is 0 Å². The molecule has 2 aliphatic rings. The molecule has 2 nitrogen and oxygen atoms in total. The van der Waals surface area contributed by atoms with Gasteiger partial charge in [-0.3, -0.25) is 0 Å². The van der Waals surface area contributed by atoms with Gasteiger partial charge in [0, 0.05) is 0 Å². The topological polar surface area (TPSA) is 26.3 Å². The molecule has 0 amide bonds. The van der Waals surface area contributed by atoms with Crippen molar-refractivity contribution in [2.75, 3.05) is 0 Å². The molecule has 0 aliphatic heterocycles. The van der Waals surface area contributed by atoms with Gasteiger partial charge in [-0.1, -0.05) is 0 Å². The zero-order valence-corrected chi connectivity index (χ0v) is 38.7. The summed E-state index contributed by atoms with van der Waals surface area (Å²) in [5, 5.41) is 0. The predicted octanol–water partition coefficient (Wildman–Crippen LogP) is 14.7. The summed E-state index contributed by atoms with van der Waals surface area (Å²) >= 11 is -2.85. The minimum atomic E-state index is -2.85. The molecule has 0 spiro atoms. The van der Waals surface area contributed by atoms with E-state index < -0.39 is 25.6 Å².